The third-order valence-electron chi connectivity index (χ3n) is 8.79. The number of nitrogens with zero attached hydrogens (tertiary/aromatic N) is 4. The van der Waals surface area contributed by atoms with Crippen molar-refractivity contribution >= 4 is 56.4 Å². The molecule has 4 aromatic carbocycles. The summed E-state index contributed by atoms with van der Waals surface area (Å²) < 4.78 is 3.90. The molecule has 0 spiro atoms. The first kappa shape index (κ1) is 30.6. The van der Waals surface area contributed by atoms with Crippen molar-refractivity contribution in [3.05, 3.63) is 115 Å². The molecule has 240 valence electrons. The van der Waals surface area contributed by atoms with E-state index in [2.05, 4.69) is 73.9 Å². The van der Waals surface area contributed by atoms with Crippen molar-refractivity contribution in [2.45, 2.75) is 25.5 Å². The van der Waals surface area contributed by atoms with Gasteiger partial charge in [0.15, 0.2) is 0 Å². The first-order valence-electron chi connectivity index (χ1n) is 16.0. The zero-order chi connectivity index (χ0) is 33.0. The highest BCUT2D eigenvalue weighted by atomic mass is 16.3. The Hall–Kier alpha value is -6.05. The lowest BCUT2D eigenvalue weighted by molar-refractivity contribution is -0.121. The Morgan fingerprint density at radius 1 is 0.771 bits per heavy atom. The molecule has 6 aromatic rings. The van der Waals surface area contributed by atoms with E-state index in [4.69, 9.17) is 5.26 Å². The lowest BCUT2D eigenvalue weighted by atomic mass is 10.1. The first-order chi connectivity index (χ1) is 23.4. The molecule has 1 aliphatic heterocycles. The van der Waals surface area contributed by atoms with Crippen LogP contribution in [0.1, 0.15) is 23.2 Å². The van der Waals surface area contributed by atoms with Crippen LogP contribution in [0.4, 0.5) is 22.7 Å². The summed E-state index contributed by atoms with van der Waals surface area (Å²) in [5.74, 6) is -0.453. The fourth-order valence-corrected chi connectivity index (χ4v) is 6.23. The number of aliphatic hydroxyl groups excluding tert-OH is 1. The summed E-state index contributed by atoms with van der Waals surface area (Å²) in [6.07, 6.45) is 5.28. The number of anilines is 4. The van der Waals surface area contributed by atoms with Gasteiger partial charge in [-0.05, 0) is 110 Å². The Balaban J connectivity index is 0.987. The van der Waals surface area contributed by atoms with Gasteiger partial charge in [-0.2, -0.15) is 5.26 Å². The number of amides is 2. The van der Waals surface area contributed by atoms with Crippen LogP contribution in [0.15, 0.2) is 109 Å². The van der Waals surface area contributed by atoms with Gasteiger partial charge in [0.05, 0.1) is 17.7 Å². The largest absolute Gasteiger partial charge is 0.393 e. The Morgan fingerprint density at radius 2 is 1.42 bits per heavy atom. The van der Waals surface area contributed by atoms with Gasteiger partial charge in [-0.15, -0.1) is 0 Å². The van der Waals surface area contributed by atoms with Gasteiger partial charge >= 0.3 is 0 Å². The van der Waals surface area contributed by atoms with Crippen molar-refractivity contribution in [3.63, 3.8) is 0 Å². The van der Waals surface area contributed by atoms with Gasteiger partial charge in [0.2, 0.25) is 5.91 Å². The number of piperidine rings is 1. The quantitative estimate of drug-likeness (QED) is 0.140. The molecular weight excluding hydrogens is 602 g/mol. The van der Waals surface area contributed by atoms with E-state index in [9.17, 15) is 14.7 Å². The fraction of sp³-hybridized carbons (Fsp3) is 0.184. The third kappa shape index (κ3) is 6.58. The molecule has 4 N–H and O–H groups in total. The molecule has 0 radical (unpaired) electrons. The molecule has 10 heteroatoms. The van der Waals surface area contributed by atoms with Gasteiger partial charge < -0.3 is 35.1 Å². The molecule has 48 heavy (non-hydrogen) atoms. The molecule has 0 saturated carbocycles. The zero-order valence-corrected chi connectivity index (χ0v) is 26.3. The molecule has 0 bridgehead atoms. The topological polar surface area (TPSA) is 127 Å². The van der Waals surface area contributed by atoms with Crippen molar-refractivity contribution < 1.29 is 14.7 Å². The van der Waals surface area contributed by atoms with E-state index in [-0.39, 0.29) is 31.0 Å². The second-order valence-corrected chi connectivity index (χ2v) is 12.0. The van der Waals surface area contributed by atoms with Crippen LogP contribution in [0.5, 0.6) is 0 Å². The van der Waals surface area contributed by atoms with Gasteiger partial charge in [-0.1, -0.05) is 0 Å². The standard InChI is InChI=1S/C38H35N7O3/c39-17-18-40-37(47)25-44-19-13-27-23-31(5-11-35(27)44)42-38(48)26-1-7-33(8-2-26)45-22-14-28-24-30(6-12-36(28)45)41-29-3-9-32(10-4-29)43-20-15-34(46)16-21-43/h1-14,19,22-24,34,41,46H,15-16,18,20-21,25H2,(H,40,47)(H,42,48). The van der Waals surface area contributed by atoms with Crippen LogP contribution in [0, 0.1) is 11.3 Å². The van der Waals surface area contributed by atoms with Crippen molar-refractivity contribution in [2.24, 2.45) is 0 Å². The zero-order valence-electron chi connectivity index (χ0n) is 26.3. The average molecular weight is 638 g/mol. The Kier molecular flexibility index (Phi) is 8.51. The van der Waals surface area contributed by atoms with Crippen molar-refractivity contribution in [1.29, 1.82) is 5.26 Å². The third-order valence-corrected chi connectivity index (χ3v) is 8.79. The summed E-state index contributed by atoms with van der Waals surface area (Å²) in [6, 6.07) is 33.6. The van der Waals surface area contributed by atoms with Crippen molar-refractivity contribution in [1.82, 2.24) is 14.5 Å². The Labute approximate surface area is 277 Å². The molecule has 10 nitrogen and oxygen atoms in total. The maximum atomic E-state index is 13.1. The highest BCUT2D eigenvalue weighted by Gasteiger charge is 2.17. The summed E-state index contributed by atoms with van der Waals surface area (Å²) in [4.78, 5) is 27.4. The molecule has 1 aliphatic rings. The monoisotopic (exact) mass is 637 g/mol. The van der Waals surface area contributed by atoms with Gasteiger partial charge in [-0.3, -0.25) is 9.59 Å². The molecule has 0 atom stereocenters. The maximum Gasteiger partial charge on any atom is 0.255 e. The maximum absolute atomic E-state index is 13.1. The summed E-state index contributed by atoms with van der Waals surface area (Å²) in [5, 5.41) is 29.5. The van der Waals surface area contributed by atoms with Crippen molar-refractivity contribution in [2.75, 3.05) is 35.2 Å². The number of carbonyl (C=O) groups is 2. The molecule has 3 heterocycles. The normalized spacial score (nSPS) is 13.4. The van der Waals surface area contributed by atoms with E-state index in [1.807, 2.05) is 67.0 Å². The number of aliphatic hydroxyl groups is 1. The number of hydrogen-bond acceptors (Lipinski definition) is 6. The van der Waals surface area contributed by atoms with Gasteiger partial charge in [0.25, 0.3) is 5.91 Å². The Bertz CT molecular complexity index is 2130. The number of rotatable bonds is 9. The lowest BCUT2D eigenvalue weighted by Gasteiger charge is -2.31. The van der Waals surface area contributed by atoms with E-state index in [1.54, 1.807) is 4.57 Å². The predicted octanol–water partition coefficient (Wildman–Crippen LogP) is 6.18. The van der Waals surface area contributed by atoms with Gasteiger partial charge in [-0.25, -0.2) is 0 Å². The summed E-state index contributed by atoms with van der Waals surface area (Å²) in [7, 11) is 0. The van der Waals surface area contributed by atoms with E-state index in [1.165, 1.54) is 5.69 Å². The molecule has 1 fully saturated rings. The van der Waals surface area contributed by atoms with Crippen LogP contribution in [0.2, 0.25) is 0 Å². The smallest absolute Gasteiger partial charge is 0.255 e. The highest BCUT2D eigenvalue weighted by molar-refractivity contribution is 6.05. The first-order valence-corrected chi connectivity index (χ1v) is 16.0. The molecule has 1 saturated heterocycles. The summed E-state index contributed by atoms with van der Waals surface area (Å²) in [5.41, 5.74) is 7.24. The van der Waals surface area contributed by atoms with Gasteiger partial charge in [0.1, 0.15) is 13.1 Å². The van der Waals surface area contributed by atoms with E-state index < -0.39 is 0 Å². The van der Waals surface area contributed by atoms with Gasteiger partial charge in [0, 0.05) is 75.8 Å². The number of carbonyl (C=O) groups excluding carboxylic acids is 2. The number of hydrogen-bond donors (Lipinski definition) is 4. The molecular formula is C38H35N7O3. The van der Waals surface area contributed by atoms with Crippen LogP contribution in [-0.2, 0) is 11.3 Å². The molecule has 2 aromatic heterocycles. The predicted molar refractivity (Wildman–Crippen MR) is 189 cm³/mol. The number of aromatic nitrogens is 2. The molecule has 2 amide bonds. The second-order valence-electron chi connectivity index (χ2n) is 12.0. The highest BCUT2D eigenvalue weighted by Crippen LogP contribution is 2.28. The van der Waals surface area contributed by atoms with E-state index in [0.29, 0.717) is 11.3 Å². The molecule has 0 aliphatic carbocycles. The van der Waals surface area contributed by atoms with Crippen molar-refractivity contribution in [3.8, 4) is 11.8 Å². The number of benzene rings is 4. The average Bonchev–Trinajstić information content (AvgIpc) is 3.71. The molecule has 0 unspecified atom stereocenters. The minimum absolute atomic E-state index is 0.0279. The number of fused-ring (bicyclic) bond motifs is 2. The summed E-state index contributed by atoms with van der Waals surface area (Å²) in [6.45, 7) is 1.83. The van der Waals surface area contributed by atoms with E-state index >= 15 is 0 Å². The van der Waals surface area contributed by atoms with Crippen LogP contribution in [0.3, 0.4) is 0 Å². The lowest BCUT2D eigenvalue weighted by Crippen LogP contribution is -2.35. The fourth-order valence-electron chi connectivity index (χ4n) is 6.23. The van der Waals surface area contributed by atoms with Crippen LogP contribution in [0.25, 0.3) is 27.5 Å². The molecule has 7 rings (SSSR count). The second kappa shape index (κ2) is 13.4. The van der Waals surface area contributed by atoms with Crippen LogP contribution in [-0.4, -0.2) is 51.8 Å². The van der Waals surface area contributed by atoms with E-state index in [0.717, 1.165) is 64.8 Å². The summed E-state index contributed by atoms with van der Waals surface area (Å²) >= 11 is 0. The van der Waals surface area contributed by atoms with Crippen LogP contribution < -0.4 is 20.9 Å². The SMILES string of the molecule is N#CCNC(=O)Cn1ccc2cc(NC(=O)c3ccc(-n4ccc5cc(Nc6ccc(N7CCC(O)CC7)cc6)ccc54)cc3)ccc21. The number of nitriles is 1. The Morgan fingerprint density at radius 3 is 2.19 bits per heavy atom. The minimum atomic E-state index is -0.238. The number of nitrogens with one attached hydrogen (secondary N) is 3. The minimum Gasteiger partial charge on any atom is -0.393 e. The van der Waals surface area contributed by atoms with Crippen LogP contribution >= 0.6 is 0 Å².